The van der Waals surface area contributed by atoms with Gasteiger partial charge in [-0.2, -0.15) is 5.10 Å². The van der Waals surface area contributed by atoms with Crippen molar-refractivity contribution in [2.45, 2.75) is 77.7 Å². The topological polar surface area (TPSA) is 55.9 Å². The second-order valence-corrected chi connectivity index (χ2v) is 5.83. The average molecular weight is 280 g/mol. The van der Waals surface area contributed by atoms with Gasteiger partial charge in [-0.25, -0.2) is 0 Å². The summed E-state index contributed by atoms with van der Waals surface area (Å²) >= 11 is 0. The molecule has 0 spiro atoms. The van der Waals surface area contributed by atoms with Crippen LogP contribution in [0.2, 0.25) is 0 Å². The summed E-state index contributed by atoms with van der Waals surface area (Å²) in [5.74, 6) is 5.69. The maximum atomic E-state index is 5.69. The van der Waals surface area contributed by atoms with Crippen molar-refractivity contribution in [2.24, 2.45) is 12.9 Å². The van der Waals surface area contributed by atoms with Gasteiger partial charge in [-0.3, -0.25) is 16.0 Å². The summed E-state index contributed by atoms with van der Waals surface area (Å²) in [6, 6.07) is 0.240. The van der Waals surface area contributed by atoms with Gasteiger partial charge in [0, 0.05) is 24.8 Å². The minimum absolute atomic E-state index is 0.240. The van der Waals surface area contributed by atoms with Gasteiger partial charge in [0.25, 0.3) is 0 Å². The smallest absolute Gasteiger partial charge is 0.0641 e. The number of aromatic nitrogens is 2. The van der Waals surface area contributed by atoms with E-state index in [-0.39, 0.29) is 6.04 Å². The molecule has 1 atom stereocenters. The Morgan fingerprint density at radius 1 is 1.15 bits per heavy atom. The maximum Gasteiger partial charge on any atom is 0.0641 e. The molecule has 0 saturated carbocycles. The molecule has 4 heteroatoms. The molecular formula is C16H32N4. The van der Waals surface area contributed by atoms with Crippen LogP contribution in [0.15, 0.2) is 6.20 Å². The minimum Gasteiger partial charge on any atom is -0.275 e. The van der Waals surface area contributed by atoms with Gasteiger partial charge in [0.1, 0.15) is 0 Å². The van der Waals surface area contributed by atoms with Crippen LogP contribution in [0.4, 0.5) is 0 Å². The van der Waals surface area contributed by atoms with E-state index in [0.29, 0.717) is 0 Å². The molecule has 116 valence electrons. The average Bonchev–Trinajstić information content (AvgIpc) is 2.76. The SMILES string of the molecule is CCCCCCCCCCC(NN)c1cn(C)nc1C. The van der Waals surface area contributed by atoms with Crippen molar-refractivity contribution < 1.29 is 0 Å². The van der Waals surface area contributed by atoms with Gasteiger partial charge in [-0.15, -0.1) is 0 Å². The van der Waals surface area contributed by atoms with Gasteiger partial charge in [0.15, 0.2) is 0 Å². The fraction of sp³-hybridized carbons (Fsp3) is 0.812. The molecule has 0 aliphatic rings. The van der Waals surface area contributed by atoms with E-state index in [1.54, 1.807) is 0 Å². The lowest BCUT2D eigenvalue weighted by Gasteiger charge is -2.15. The zero-order chi connectivity index (χ0) is 14.8. The normalized spacial score (nSPS) is 12.8. The van der Waals surface area contributed by atoms with E-state index in [4.69, 9.17) is 5.84 Å². The molecule has 0 saturated heterocycles. The summed E-state index contributed by atoms with van der Waals surface area (Å²) in [6.07, 6.45) is 14.0. The fourth-order valence-electron chi connectivity index (χ4n) is 2.77. The van der Waals surface area contributed by atoms with Crippen molar-refractivity contribution in [3.8, 4) is 0 Å². The molecule has 0 amide bonds. The second kappa shape index (κ2) is 9.94. The lowest BCUT2D eigenvalue weighted by molar-refractivity contribution is 0.473. The lowest BCUT2D eigenvalue weighted by Crippen LogP contribution is -2.28. The van der Waals surface area contributed by atoms with Crippen molar-refractivity contribution in [3.63, 3.8) is 0 Å². The van der Waals surface area contributed by atoms with Gasteiger partial charge in [0.05, 0.1) is 5.69 Å². The highest BCUT2D eigenvalue weighted by Crippen LogP contribution is 2.22. The summed E-state index contributed by atoms with van der Waals surface area (Å²) in [5.41, 5.74) is 5.25. The van der Waals surface area contributed by atoms with Crippen LogP contribution in [0, 0.1) is 6.92 Å². The third kappa shape index (κ3) is 6.06. The fourth-order valence-corrected chi connectivity index (χ4v) is 2.77. The van der Waals surface area contributed by atoms with Gasteiger partial charge < -0.3 is 0 Å². The largest absolute Gasteiger partial charge is 0.275 e. The molecule has 0 aromatic carbocycles. The number of nitrogens with one attached hydrogen (secondary N) is 1. The first kappa shape index (κ1) is 17.2. The van der Waals surface area contributed by atoms with Crippen molar-refractivity contribution in [3.05, 3.63) is 17.5 Å². The number of rotatable bonds is 11. The summed E-state index contributed by atoms with van der Waals surface area (Å²) < 4.78 is 1.86. The number of hydrogen-bond acceptors (Lipinski definition) is 3. The van der Waals surface area contributed by atoms with E-state index >= 15 is 0 Å². The first-order valence-corrected chi connectivity index (χ1v) is 8.15. The Kier molecular flexibility index (Phi) is 8.54. The molecule has 1 aromatic rings. The molecule has 20 heavy (non-hydrogen) atoms. The Bertz CT molecular complexity index is 359. The monoisotopic (exact) mass is 280 g/mol. The highest BCUT2D eigenvalue weighted by atomic mass is 15.3. The number of hydrogen-bond donors (Lipinski definition) is 2. The number of nitrogens with zero attached hydrogens (tertiary/aromatic N) is 2. The molecule has 0 radical (unpaired) electrons. The standard InChI is InChI=1S/C16H32N4/c1-4-5-6-7-8-9-10-11-12-16(18-17)15-13-20(3)19-14(15)2/h13,16,18H,4-12,17H2,1-3H3. The minimum atomic E-state index is 0.240. The highest BCUT2D eigenvalue weighted by molar-refractivity contribution is 5.19. The Labute approximate surface area is 124 Å². The molecule has 3 N–H and O–H groups in total. The van der Waals surface area contributed by atoms with Crippen LogP contribution in [0.1, 0.15) is 82.0 Å². The first-order chi connectivity index (χ1) is 9.69. The highest BCUT2D eigenvalue weighted by Gasteiger charge is 2.14. The first-order valence-electron chi connectivity index (χ1n) is 8.15. The Morgan fingerprint density at radius 3 is 2.25 bits per heavy atom. The van der Waals surface area contributed by atoms with Crippen LogP contribution in [-0.4, -0.2) is 9.78 Å². The van der Waals surface area contributed by atoms with E-state index in [1.165, 1.54) is 56.9 Å². The van der Waals surface area contributed by atoms with Crippen LogP contribution in [0.5, 0.6) is 0 Å². The Balaban J connectivity index is 2.17. The van der Waals surface area contributed by atoms with Crippen LogP contribution in [0.3, 0.4) is 0 Å². The summed E-state index contributed by atoms with van der Waals surface area (Å²) in [6.45, 7) is 4.31. The zero-order valence-corrected chi connectivity index (χ0v) is 13.5. The molecular weight excluding hydrogens is 248 g/mol. The lowest BCUT2D eigenvalue weighted by atomic mass is 10.0. The number of hydrazine groups is 1. The van der Waals surface area contributed by atoms with Crippen LogP contribution >= 0.6 is 0 Å². The second-order valence-electron chi connectivity index (χ2n) is 5.83. The predicted molar refractivity (Wildman–Crippen MR) is 85.2 cm³/mol. The van der Waals surface area contributed by atoms with Gasteiger partial charge in [-0.05, 0) is 13.3 Å². The number of nitrogens with two attached hydrogens (primary N) is 1. The quantitative estimate of drug-likeness (QED) is 0.368. The summed E-state index contributed by atoms with van der Waals surface area (Å²) in [5, 5.41) is 4.39. The molecule has 1 heterocycles. The molecule has 0 fully saturated rings. The zero-order valence-electron chi connectivity index (χ0n) is 13.5. The number of aryl methyl sites for hydroxylation is 2. The van der Waals surface area contributed by atoms with Gasteiger partial charge in [0.2, 0.25) is 0 Å². The molecule has 0 bridgehead atoms. The van der Waals surface area contributed by atoms with Crippen molar-refractivity contribution >= 4 is 0 Å². The van der Waals surface area contributed by atoms with Gasteiger partial charge in [-0.1, -0.05) is 58.3 Å². The van der Waals surface area contributed by atoms with E-state index in [0.717, 1.165) is 12.1 Å². The molecule has 0 aliphatic carbocycles. The van der Waals surface area contributed by atoms with Crippen molar-refractivity contribution in [1.29, 1.82) is 0 Å². The van der Waals surface area contributed by atoms with Crippen molar-refractivity contribution in [1.82, 2.24) is 15.2 Å². The van der Waals surface area contributed by atoms with Crippen molar-refractivity contribution in [2.75, 3.05) is 0 Å². The van der Waals surface area contributed by atoms with Crippen LogP contribution in [0.25, 0.3) is 0 Å². The number of unbranched alkanes of at least 4 members (excludes halogenated alkanes) is 7. The Morgan fingerprint density at radius 2 is 1.75 bits per heavy atom. The van der Waals surface area contributed by atoms with E-state index in [9.17, 15) is 0 Å². The summed E-state index contributed by atoms with van der Waals surface area (Å²) in [4.78, 5) is 0. The van der Waals surface area contributed by atoms with Gasteiger partial charge >= 0.3 is 0 Å². The Hall–Kier alpha value is -0.870. The maximum absolute atomic E-state index is 5.69. The summed E-state index contributed by atoms with van der Waals surface area (Å²) in [7, 11) is 1.96. The van der Waals surface area contributed by atoms with Crippen LogP contribution in [-0.2, 0) is 7.05 Å². The molecule has 1 rings (SSSR count). The third-order valence-corrected chi connectivity index (χ3v) is 3.97. The van der Waals surface area contributed by atoms with E-state index in [2.05, 4.69) is 23.6 Å². The molecule has 1 aromatic heterocycles. The van der Waals surface area contributed by atoms with Crippen LogP contribution < -0.4 is 11.3 Å². The van der Waals surface area contributed by atoms with E-state index in [1.807, 2.05) is 18.7 Å². The predicted octanol–water partition coefficient (Wildman–Crippen LogP) is 3.76. The molecule has 4 nitrogen and oxygen atoms in total. The third-order valence-electron chi connectivity index (χ3n) is 3.97. The van der Waals surface area contributed by atoms with E-state index < -0.39 is 0 Å². The molecule has 0 aliphatic heterocycles. The molecule has 1 unspecified atom stereocenters.